The first-order valence-corrected chi connectivity index (χ1v) is 3.51. The number of rotatable bonds is 0. The number of hydrogen-bond donors (Lipinski definition) is 0. The quantitative estimate of drug-likeness (QED) is 0.494. The van der Waals surface area contributed by atoms with E-state index < -0.39 is 0 Å². The minimum atomic E-state index is 1.05. The lowest BCUT2D eigenvalue weighted by Gasteiger charge is -1.81. The standard InChI is InChI=1S/C10H7N/c1-2-5-10-8-11-7-3-6-9(10)4-1/h1-7H. The summed E-state index contributed by atoms with van der Waals surface area (Å²) in [6.07, 6.45) is 5.68. The topological polar surface area (TPSA) is 12.4 Å². The van der Waals surface area contributed by atoms with Crippen LogP contribution in [0.25, 0.3) is 6.08 Å². The Kier molecular flexibility index (Phi) is 1.43. The van der Waals surface area contributed by atoms with Gasteiger partial charge in [-0.1, -0.05) is 24.3 Å². The molecule has 0 radical (unpaired) electrons. The Bertz CT molecular complexity index is 434. The van der Waals surface area contributed by atoms with Gasteiger partial charge in [0.15, 0.2) is 0 Å². The van der Waals surface area contributed by atoms with Gasteiger partial charge in [-0.15, -0.1) is 0 Å². The molecule has 1 aromatic carbocycles. The lowest BCUT2D eigenvalue weighted by molar-refractivity contribution is 1.53. The van der Waals surface area contributed by atoms with Gasteiger partial charge in [0.2, 0.25) is 0 Å². The summed E-state index contributed by atoms with van der Waals surface area (Å²) in [5.74, 6) is 2.93. The molecule has 0 atom stereocenters. The summed E-state index contributed by atoms with van der Waals surface area (Å²) in [7, 11) is 0. The van der Waals surface area contributed by atoms with Crippen LogP contribution < -0.4 is 10.4 Å². The van der Waals surface area contributed by atoms with E-state index in [1.165, 1.54) is 5.22 Å². The molecule has 1 aliphatic heterocycles. The molecule has 1 heteroatoms. The summed E-state index contributed by atoms with van der Waals surface area (Å²) in [5.41, 5.74) is 0. The third-order valence-corrected chi connectivity index (χ3v) is 1.58. The number of fused-ring (bicyclic) bond motifs is 1. The molecule has 0 saturated heterocycles. The molecule has 0 saturated carbocycles. The molecule has 0 bridgehead atoms. The molecule has 11 heavy (non-hydrogen) atoms. The average molecular weight is 141 g/mol. The van der Waals surface area contributed by atoms with E-state index >= 15 is 0 Å². The lowest BCUT2D eigenvalue weighted by atomic mass is 10.2. The van der Waals surface area contributed by atoms with Crippen LogP contribution in [0.3, 0.4) is 0 Å². The van der Waals surface area contributed by atoms with Gasteiger partial charge in [0.05, 0.1) is 0 Å². The molecular formula is C10H7N. The minimum Gasteiger partial charge on any atom is -0.214 e. The van der Waals surface area contributed by atoms with Gasteiger partial charge in [0.25, 0.3) is 0 Å². The molecule has 1 aromatic rings. The number of nitrogens with zero attached hydrogens (tertiary/aromatic N) is 1. The van der Waals surface area contributed by atoms with Crippen molar-refractivity contribution in [1.82, 2.24) is 0 Å². The molecule has 0 amide bonds. The highest BCUT2D eigenvalue weighted by molar-refractivity contribution is 5.57. The van der Waals surface area contributed by atoms with Crippen molar-refractivity contribution in [2.45, 2.75) is 0 Å². The Morgan fingerprint density at radius 1 is 1.18 bits per heavy atom. The Labute approximate surface area is 64.7 Å². The van der Waals surface area contributed by atoms with Crippen LogP contribution in [0.5, 0.6) is 0 Å². The van der Waals surface area contributed by atoms with Crippen LogP contribution in [0.4, 0.5) is 0 Å². The first-order chi connectivity index (χ1) is 5.47. The van der Waals surface area contributed by atoms with Crippen LogP contribution in [0.15, 0.2) is 41.5 Å². The Morgan fingerprint density at radius 3 is 3.09 bits per heavy atom. The molecule has 2 rings (SSSR count). The second-order valence-electron chi connectivity index (χ2n) is 2.34. The molecule has 1 heterocycles. The fourth-order valence-corrected chi connectivity index (χ4v) is 1.04. The van der Waals surface area contributed by atoms with E-state index in [9.17, 15) is 0 Å². The normalized spacial score (nSPS) is 12.7. The SMILES string of the molecule is C1=NC=CC=c2ccccc2=1. The van der Waals surface area contributed by atoms with E-state index in [4.69, 9.17) is 0 Å². The van der Waals surface area contributed by atoms with Crippen LogP contribution in [0.1, 0.15) is 0 Å². The molecular weight excluding hydrogens is 134 g/mol. The maximum atomic E-state index is 3.95. The predicted octanol–water partition coefficient (Wildman–Crippen LogP) is 0.336. The second kappa shape index (κ2) is 2.57. The average Bonchev–Trinajstić information content (AvgIpc) is 2.28. The third-order valence-electron chi connectivity index (χ3n) is 1.58. The smallest absolute Gasteiger partial charge is 0.0433 e. The highest BCUT2D eigenvalue weighted by atomic mass is 14.6. The largest absolute Gasteiger partial charge is 0.214 e. The first-order valence-electron chi connectivity index (χ1n) is 3.51. The van der Waals surface area contributed by atoms with Gasteiger partial charge >= 0.3 is 0 Å². The fraction of sp³-hybridized carbons (Fsp3) is 0. The third kappa shape index (κ3) is 1.14. The molecule has 0 aliphatic carbocycles. The summed E-state index contributed by atoms with van der Waals surface area (Å²) in [5, 5.41) is 2.22. The van der Waals surface area contributed by atoms with Crippen molar-refractivity contribution in [3.8, 4) is 0 Å². The number of benzene rings is 1. The molecule has 0 fully saturated rings. The molecule has 0 spiro atoms. The number of hydrogen-bond acceptors (Lipinski definition) is 1. The van der Waals surface area contributed by atoms with E-state index in [-0.39, 0.29) is 0 Å². The summed E-state index contributed by atoms with van der Waals surface area (Å²) in [4.78, 5) is 3.95. The Hall–Kier alpha value is -1.59. The van der Waals surface area contributed by atoms with E-state index in [0.717, 1.165) is 5.22 Å². The van der Waals surface area contributed by atoms with Gasteiger partial charge in [-0.3, -0.25) is 0 Å². The molecule has 0 unspecified atom stereocenters. The summed E-state index contributed by atoms with van der Waals surface area (Å²) in [6, 6.07) is 8.05. The van der Waals surface area contributed by atoms with Gasteiger partial charge < -0.3 is 0 Å². The van der Waals surface area contributed by atoms with Crippen molar-refractivity contribution in [1.29, 1.82) is 0 Å². The Balaban J connectivity index is 2.99. The van der Waals surface area contributed by atoms with Crippen molar-refractivity contribution >= 4 is 11.9 Å². The molecule has 52 valence electrons. The highest BCUT2D eigenvalue weighted by Gasteiger charge is 1.81. The molecule has 0 N–H and O–H groups in total. The zero-order chi connectivity index (χ0) is 7.52. The van der Waals surface area contributed by atoms with Gasteiger partial charge in [-0.05, 0) is 23.2 Å². The predicted molar refractivity (Wildman–Crippen MR) is 45.8 cm³/mol. The van der Waals surface area contributed by atoms with Gasteiger partial charge in [0.1, 0.15) is 0 Å². The fourth-order valence-electron chi connectivity index (χ4n) is 1.04. The molecule has 1 nitrogen and oxygen atoms in total. The van der Waals surface area contributed by atoms with Gasteiger partial charge in [-0.2, -0.15) is 0 Å². The molecule has 0 aromatic heterocycles. The van der Waals surface area contributed by atoms with E-state index in [0.29, 0.717) is 0 Å². The van der Waals surface area contributed by atoms with Crippen LogP contribution in [0, 0.1) is 0 Å². The van der Waals surface area contributed by atoms with E-state index in [1.807, 2.05) is 36.4 Å². The molecule has 1 aliphatic rings. The summed E-state index contributed by atoms with van der Waals surface area (Å²) < 4.78 is 0. The maximum Gasteiger partial charge on any atom is 0.0433 e. The first kappa shape index (κ1) is 6.14. The highest BCUT2D eigenvalue weighted by Crippen LogP contribution is 1.77. The van der Waals surface area contributed by atoms with E-state index in [2.05, 4.69) is 10.9 Å². The Morgan fingerprint density at radius 2 is 2.09 bits per heavy atom. The van der Waals surface area contributed by atoms with Crippen LogP contribution >= 0.6 is 0 Å². The van der Waals surface area contributed by atoms with Crippen molar-refractivity contribution < 1.29 is 0 Å². The second-order valence-corrected chi connectivity index (χ2v) is 2.34. The summed E-state index contributed by atoms with van der Waals surface area (Å²) >= 11 is 0. The van der Waals surface area contributed by atoms with Crippen LogP contribution in [0.2, 0.25) is 0 Å². The van der Waals surface area contributed by atoms with Gasteiger partial charge in [0, 0.05) is 11.4 Å². The minimum absolute atomic E-state index is 1.05. The zero-order valence-electron chi connectivity index (χ0n) is 5.99. The number of allylic oxidation sites excluding steroid dienone is 1. The number of aliphatic imine (C=N–C) groups is 1. The zero-order valence-corrected chi connectivity index (χ0v) is 5.99. The van der Waals surface area contributed by atoms with Crippen LogP contribution in [-0.4, -0.2) is 5.87 Å². The van der Waals surface area contributed by atoms with Crippen molar-refractivity contribution in [2.24, 2.45) is 4.99 Å². The monoisotopic (exact) mass is 141 g/mol. The van der Waals surface area contributed by atoms with Crippen molar-refractivity contribution in [3.05, 3.63) is 47.0 Å². The van der Waals surface area contributed by atoms with E-state index in [1.54, 1.807) is 6.20 Å². The van der Waals surface area contributed by atoms with Gasteiger partial charge in [-0.25, -0.2) is 4.99 Å². The van der Waals surface area contributed by atoms with Crippen molar-refractivity contribution in [2.75, 3.05) is 0 Å². The van der Waals surface area contributed by atoms with Crippen molar-refractivity contribution in [3.63, 3.8) is 0 Å². The summed E-state index contributed by atoms with van der Waals surface area (Å²) in [6.45, 7) is 0. The van der Waals surface area contributed by atoms with Crippen LogP contribution in [-0.2, 0) is 0 Å². The lowest BCUT2D eigenvalue weighted by Crippen LogP contribution is -2.24. The maximum absolute atomic E-state index is 3.95.